The van der Waals surface area contributed by atoms with Gasteiger partial charge in [-0.05, 0) is 30.4 Å². The first kappa shape index (κ1) is 10.2. The lowest BCUT2D eigenvalue weighted by Crippen LogP contribution is -2.20. The van der Waals surface area contributed by atoms with Crippen LogP contribution in [-0.4, -0.2) is 5.91 Å². The van der Waals surface area contributed by atoms with Crippen molar-refractivity contribution in [2.75, 3.05) is 5.32 Å². The van der Waals surface area contributed by atoms with Crippen LogP contribution in [0.1, 0.15) is 31.7 Å². The molecule has 0 spiro atoms. The molecule has 80 valence electrons. The quantitative estimate of drug-likeness (QED) is 0.747. The van der Waals surface area contributed by atoms with Crippen LogP contribution in [0.4, 0.5) is 5.69 Å². The van der Waals surface area contributed by atoms with Crippen molar-refractivity contribution in [3.63, 3.8) is 0 Å². The van der Waals surface area contributed by atoms with Gasteiger partial charge in [-0.25, -0.2) is 0 Å². The van der Waals surface area contributed by atoms with E-state index in [1.165, 1.54) is 5.56 Å². The third kappa shape index (κ3) is 2.38. The molecule has 0 aliphatic carbocycles. The SMILES string of the molecule is CCC1CCc2ccccc2NC(=O)C1. The molecule has 0 fully saturated rings. The molecule has 1 heterocycles. The maximum atomic E-state index is 11.7. The molecular formula is C13H17NO. The Bertz CT molecular complexity index is 359. The lowest BCUT2D eigenvalue weighted by molar-refractivity contribution is -0.117. The average Bonchev–Trinajstić information content (AvgIpc) is 2.23. The summed E-state index contributed by atoms with van der Waals surface area (Å²) in [6, 6.07) is 8.10. The van der Waals surface area contributed by atoms with Crippen LogP contribution in [-0.2, 0) is 11.2 Å². The second-order valence-electron chi connectivity index (χ2n) is 4.22. The van der Waals surface area contributed by atoms with Gasteiger partial charge in [-0.2, -0.15) is 0 Å². The predicted molar refractivity (Wildman–Crippen MR) is 61.8 cm³/mol. The van der Waals surface area contributed by atoms with Crippen LogP contribution in [0.25, 0.3) is 0 Å². The molecular weight excluding hydrogens is 186 g/mol. The molecule has 1 aromatic rings. The molecule has 15 heavy (non-hydrogen) atoms. The van der Waals surface area contributed by atoms with Crippen LogP contribution in [0, 0.1) is 5.92 Å². The molecule has 1 N–H and O–H groups in total. The predicted octanol–water partition coefficient (Wildman–Crippen LogP) is 2.99. The molecule has 1 aliphatic heterocycles. The molecule has 0 saturated heterocycles. The minimum absolute atomic E-state index is 0.161. The van der Waals surface area contributed by atoms with Gasteiger partial charge in [-0.1, -0.05) is 31.5 Å². The number of aryl methyl sites for hydroxylation is 1. The highest BCUT2D eigenvalue weighted by atomic mass is 16.1. The third-order valence-corrected chi connectivity index (χ3v) is 3.16. The fourth-order valence-electron chi connectivity index (χ4n) is 2.13. The van der Waals surface area contributed by atoms with Crippen molar-refractivity contribution in [2.45, 2.75) is 32.6 Å². The molecule has 1 aliphatic rings. The number of hydrogen-bond donors (Lipinski definition) is 1. The van der Waals surface area contributed by atoms with Crippen molar-refractivity contribution in [3.8, 4) is 0 Å². The first-order valence-corrected chi connectivity index (χ1v) is 5.67. The molecule has 0 saturated carbocycles. The minimum atomic E-state index is 0.161. The Morgan fingerprint density at radius 3 is 3.00 bits per heavy atom. The zero-order chi connectivity index (χ0) is 10.7. The summed E-state index contributed by atoms with van der Waals surface area (Å²) in [6.45, 7) is 2.16. The number of anilines is 1. The fraction of sp³-hybridized carbons (Fsp3) is 0.462. The van der Waals surface area contributed by atoms with Crippen molar-refractivity contribution in [3.05, 3.63) is 29.8 Å². The van der Waals surface area contributed by atoms with Crippen molar-refractivity contribution in [1.82, 2.24) is 0 Å². The van der Waals surface area contributed by atoms with Gasteiger partial charge in [-0.3, -0.25) is 4.79 Å². The molecule has 2 rings (SSSR count). The van der Waals surface area contributed by atoms with E-state index in [1.54, 1.807) is 0 Å². The number of carbonyl (C=O) groups excluding carboxylic acids is 1. The Morgan fingerprint density at radius 1 is 1.40 bits per heavy atom. The summed E-state index contributed by atoms with van der Waals surface area (Å²) in [5, 5.41) is 2.99. The normalized spacial score (nSPS) is 21.1. The van der Waals surface area contributed by atoms with E-state index in [-0.39, 0.29) is 5.91 Å². The van der Waals surface area contributed by atoms with Gasteiger partial charge in [0, 0.05) is 12.1 Å². The van der Waals surface area contributed by atoms with Gasteiger partial charge in [0.1, 0.15) is 0 Å². The Morgan fingerprint density at radius 2 is 2.20 bits per heavy atom. The van der Waals surface area contributed by atoms with E-state index in [2.05, 4.69) is 18.3 Å². The van der Waals surface area contributed by atoms with E-state index < -0.39 is 0 Å². The second-order valence-corrected chi connectivity index (χ2v) is 4.22. The van der Waals surface area contributed by atoms with Crippen LogP contribution in [0.15, 0.2) is 24.3 Å². The van der Waals surface area contributed by atoms with Crippen LogP contribution in [0.2, 0.25) is 0 Å². The van der Waals surface area contributed by atoms with Crippen molar-refractivity contribution >= 4 is 11.6 Å². The number of fused-ring (bicyclic) bond motifs is 1. The maximum Gasteiger partial charge on any atom is 0.224 e. The van der Waals surface area contributed by atoms with Gasteiger partial charge >= 0.3 is 0 Å². The summed E-state index contributed by atoms with van der Waals surface area (Å²) < 4.78 is 0. The Balaban J connectivity index is 2.23. The van der Waals surface area contributed by atoms with Crippen molar-refractivity contribution in [2.24, 2.45) is 5.92 Å². The molecule has 2 nitrogen and oxygen atoms in total. The van der Waals surface area contributed by atoms with E-state index in [0.29, 0.717) is 12.3 Å². The summed E-state index contributed by atoms with van der Waals surface area (Å²) in [6.07, 6.45) is 3.97. The van der Waals surface area contributed by atoms with Crippen molar-refractivity contribution in [1.29, 1.82) is 0 Å². The first-order chi connectivity index (χ1) is 7.29. The molecule has 1 unspecified atom stereocenters. The zero-order valence-electron chi connectivity index (χ0n) is 9.12. The summed E-state index contributed by atoms with van der Waals surface area (Å²) in [5.74, 6) is 0.701. The first-order valence-electron chi connectivity index (χ1n) is 5.67. The number of amides is 1. The highest BCUT2D eigenvalue weighted by molar-refractivity contribution is 5.91. The number of nitrogens with one attached hydrogen (secondary N) is 1. The smallest absolute Gasteiger partial charge is 0.224 e. The Hall–Kier alpha value is -1.31. The molecule has 1 aromatic carbocycles. The number of para-hydroxylation sites is 1. The minimum Gasteiger partial charge on any atom is -0.326 e. The maximum absolute atomic E-state index is 11.7. The van der Waals surface area contributed by atoms with Crippen LogP contribution in [0.5, 0.6) is 0 Å². The van der Waals surface area contributed by atoms with Gasteiger partial charge in [-0.15, -0.1) is 0 Å². The Kier molecular flexibility index (Phi) is 3.05. The monoisotopic (exact) mass is 203 g/mol. The number of carbonyl (C=O) groups is 1. The molecule has 0 bridgehead atoms. The highest BCUT2D eigenvalue weighted by Gasteiger charge is 2.17. The molecule has 2 heteroatoms. The number of rotatable bonds is 1. The molecule has 1 amide bonds. The second kappa shape index (κ2) is 4.47. The number of hydrogen-bond acceptors (Lipinski definition) is 1. The number of benzene rings is 1. The Labute approximate surface area is 90.7 Å². The molecule has 1 atom stereocenters. The summed E-state index contributed by atoms with van der Waals surface area (Å²) in [5.41, 5.74) is 2.26. The van der Waals surface area contributed by atoms with E-state index in [1.807, 2.05) is 18.2 Å². The zero-order valence-corrected chi connectivity index (χ0v) is 9.12. The third-order valence-electron chi connectivity index (χ3n) is 3.16. The summed E-state index contributed by atoms with van der Waals surface area (Å²) in [4.78, 5) is 11.7. The lowest BCUT2D eigenvalue weighted by Gasteiger charge is -2.20. The summed E-state index contributed by atoms with van der Waals surface area (Å²) in [7, 11) is 0. The largest absolute Gasteiger partial charge is 0.326 e. The molecule has 0 aromatic heterocycles. The van der Waals surface area contributed by atoms with Crippen LogP contribution >= 0.6 is 0 Å². The van der Waals surface area contributed by atoms with Gasteiger partial charge < -0.3 is 5.32 Å². The standard InChI is InChI=1S/C13H17NO/c1-2-10-7-8-11-5-3-4-6-12(11)14-13(15)9-10/h3-6,10H,2,7-9H2,1H3,(H,14,15). The van der Waals surface area contributed by atoms with Crippen LogP contribution < -0.4 is 5.32 Å². The van der Waals surface area contributed by atoms with Gasteiger partial charge in [0.25, 0.3) is 0 Å². The van der Waals surface area contributed by atoms with Gasteiger partial charge in [0.05, 0.1) is 0 Å². The van der Waals surface area contributed by atoms with Crippen LogP contribution in [0.3, 0.4) is 0 Å². The van der Waals surface area contributed by atoms with E-state index in [0.717, 1.165) is 24.9 Å². The topological polar surface area (TPSA) is 29.1 Å². The van der Waals surface area contributed by atoms with Crippen molar-refractivity contribution < 1.29 is 4.79 Å². The van der Waals surface area contributed by atoms with Gasteiger partial charge in [0.2, 0.25) is 5.91 Å². The van der Waals surface area contributed by atoms with E-state index in [4.69, 9.17) is 0 Å². The van der Waals surface area contributed by atoms with Gasteiger partial charge in [0.15, 0.2) is 0 Å². The van der Waals surface area contributed by atoms with E-state index >= 15 is 0 Å². The molecule has 0 radical (unpaired) electrons. The van der Waals surface area contributed by atoms with E-state index in [9.17, 15) is 4.79 Å². The average molecular weight is 203 g/mol. The lowest BCUT2D eigenvalue weighted by atomic mass is 9.91. The fourth-order valence-corrected chi connectivity index (χ4v) is 2.13. The highest BCUT2D eigenvalue weighted by Crippen LogP contribution is 2.25. The summed E-state index contributed by atoms with van der Waals surface area (Å²) >= 11 is 0.